The van der Waals surface area contributed by atoms with Crippen LogP contribution in [-0.4, -0.2) is 48.4 Å². The van der Waals surface area contributed by atoms with Crippen molar-refractivity contribution in [2.75, 3.05) is 27.9 Å². The van der Waals surface area contributed by atoms with E-state index in [1.54, 1.807) is 21.3 Å². The number of aromatic nitrogens is 3. The summed E-state index contributed by atoms with van der Waals surface area (Å²) in [6.07, 6.45) is 1.94. The van der Waals surface area contributed by atoms with Gasteiger partial charge in [0.15, 0.2) is 28.9 Å². The fourth-order valence-corrected chi connectivity index (χ4v) is 2.91. The molecule has 2 aromatic heterocycles. The number of pyridine rings is 1. The maximum atomic E-state index is 5.41. The number of hydrogen-bond donors (Lipinski definition) is 2. The summed E-state index contributed by atoms with van der Waals surface area (Å²) in [7, 11) is 4.78. The van der Waals surface area contributed by atoms with Crippen LogP contribution >= 0.6 is 0 Å². The average molecular weight is 398 g/mol. The molecule has 9 heteroatoms. The zero-order chi connectivity index (χ0) is 20.6. The molecule has 0 aliphatic carbocycles. The summed E-state index contributed by atoms with van der Waals surface area (Å²) in [6.45, 7) is 3.68. The Morgan fingerprint density at radius 1 is 1.03 bits per heavy atom. The number of guanidine groups is 1. The second-order valence-corrected chi connectivity index (χ2v) is 6.13. The highest BCUT2D eigenvalue weighted by Gasteiger charge is 2.13. The molecule has 2 N–H and O–H groups in total. The van der Waals surface area contributed by atoms with Gasteiger partial charge in [0.1, 0.15) is 0 Å². The summed E-state index contributed by atoms with van der Waals surface area (Å²) in [5, 5.41) is 14.9. The van der Waals surface area contributed by atoms with Crippen LogP contribution in [0.4, 0.5) is 0 Å². The van der Waals surface area contributed by atoms with Gasteiger partial charge in [-0.1, -0.05) is 6.07 Å². The minimum absolute atomic E-state index is 0.437. The van der Waals surface area contributed by atoms with Gasteiger partial charge in [-0.15, -0.1) is 10.2 Å². The molecule has 0 saturated heterocycles. The first kappa shape index (κ1) is 20.2. The molecule has 0 amide bonds. The topological polar surface area (TPSA) is 94.3 Å². The summed E-state index contributed by atoms with van der Waals surface area (Å²) in [5.41, 5.74) is 1.74. The Balaban J connectivity index is 1.75. The van der Waals surface area contributed by atoms with Gasteiger partial charge in [-0.25, -0.2) is 4.99 Å². The van der Waals surface area contributed by atoms with Crippen molar-refractivity contribution in [1.29, 1.82) is 0 Å². The van der Waals surface area contributed by atoms with Crippen LogP contribution in [0, 0.1) is 0 Å². The molecule has 0 bridgehead atoms. The lowest BCUT2D eigenvalue weighted by Gasteiger charge is -2.14. The van der Waals surface area contributed by atoms with Crippen molar-refractivity contribution < 1.29 is 14.2 Å². The minimum Gasteiger partial charge on any atom is -0.493 e. The van der Waals surface area contributed by atoms with E-state index in [2.05, 4.69) is 25.8 Å². The second kappa shape index (κ2) is 9.63. The summed E-state index contributed by atoms with van der Waals surface area (Å²) < 4.78 is 18.1. The Bertz CT molecular complexity index is 960. The number of hydrogen-bond acceptors (Lipinski definition) is 6. The van der Waals surface area contributed by atoms with Gasteiger partial charge in [-0.2, -0.15) is 0 Å². The van der Waals surface area contributed by atoms with Crippen molar-refractivity contribution >= 4 is 11.6 Å². The van der Waals surface area contributed by atoms with Crippen molar-refractivity contribution in [3.8, 4) is 17.2 Å². The highest BCUT2D eigenvalue weighted by molar-refractivity contribution is 5.79. The SMILES string of the molecule is CCNC(=NCc1cc(OC)c(OC)c(OC)c1)NCc1nnc2ccccn12. The fourth-order valence-electron chi connectivity index (χ4n) is 2.91. The van der Waals surface area contributed by atoms with Gasteiger partial charge in [-0.05, 0) is 36.8 Å². The molecule has 0 atom stereocenters. The zero-order valence-corrected chi connectivity index (χ0v) is 17.1. The Morgan fingerprint density at radius 2 is 1.79 bits per heavy atom. The van der Waals surface area contributed by atoms with Crippen molar-refractivity contribution in [3.63, 3.8) is 0 Å². The summed E-state index contributed by atoms with van der Waals surface area (Å²) in [6, 6.07) is 9.58. The highest BCUT2D eigenvalue weighted by atomic mass is 16.5. The Labute approximate surface area is 169 Å². The van der Waals surface area contributed by atoms with Crippen molar-refractivity contribution in [2.24, 2.45) is 4.99 Å². The van der Waals surface area contributed by atoms with Gasteiger partial charge < -0.3 is 24.8 Å². The average Bonchev–Trinajstić information content (AvgIpc) is 3.18. The largest absolute Gasteiger partial charge is 0.493 e. The van der Waals surface area contributed by atoms with Crippen LogP contribution in [0.25, 0.3) is 5.65 Å². The third-order valence-corrected chi connectivity index (χ3v) is 4.29. The number of aliphatic imine (C=N–C) groups is 1. The van der Waals surface area contributed by atoms with Crippen LogP contribution < -0.4 is 24.8 Å². The van der Waals surface area contributed by atoms with Crippen LogP contribution in [-0.2, 0) is 13.1 Å². The summed E-state index contributed by atoms with van der Waals surface area (Å²) in [4.78, 5) is 4.65. The number of nitrogens with zero attached hydrogens (tertiary/aromatic N) is 4. The van der Waals surface area contributed by atoms with E-state index in [1.807, 2.05) is 47.9 Å². The van der Waals surface area contributed by atoms with Gasteiger partial charge in [0.2, 0.25) is 5.75 Å². The first-order chi connectivity index (χ1) is 14.2. The summed E-state index contributed by atoms with van der Waals surface area (Å²) >= 11 is 0. The maximum Gasteiger partial charge on any atom is 0.203 e. The van der Waals surface area contributed by atoms with Crippen molar-refractivity contribution in [1.82, 2.24) is 25.2 Å². The van der Waals surface area contributed by atoms with E-state index >= 15 is 0 Å². The lowest BCUT2D eigenvalue weighted by molar-refractivity contribution is 0.324. The van der Waals surface area contributed by atoms with Crippen LogP contribution in [0.5, 0.6) is 17.2 Å². The zero-order valence-electron chi connectivity index (χ0n) is 17.1. The molecule has 0 aliphatic heterocycles. The number of nitrogens with one attached hydrogen (secondary N) is 2. The minimum atomic E-state index is 0.437. The number of benzene rings is 1. The van der Waals surface area contributed by atoms with E-state index in [0.29, 0.717) is 36.3 Å². The van der Waals surface area contributed by atoms with Gasteiger partial charge >= 0.3 is 0 Å². The van der Waals surface area contributed by atoms with Gasteiger partial charge in [0.05, 0.1) is 34.4 Å². The van der Waals surface area contributed by atoms with Crippen molar-refractivity contribution in [2.45, 2.75) is 20.0 Å². The van der Waals surface area contributed by atoms with E-state index in [0.717, 1.165) is 23.6 Å². The number of ether oxygens (including phenoxy) is 3. The molecule has 154 valence electrons. The van der Waals surface area contributed by atoms with E-state index in [9.17, 15) is 0 Å². The first-order valence-corrected chi connectivity index (χ1v) is 9.29. The molecule has 3 rings (SSSR count). The predicted molar refractivity (Wildman–Crippen MR) is 111 cm³/mol. The van der Waals surface area contributed by atoms with Crippen LogP contribution in [0.2, 0.25) is 0 Å². The first-order valence-electron chi connectivity index (χ1n) is 9.29. The standard InChI is InChI=1S/C20H26N6O3/c1-5-21-20(23-13-18-25-24-17-8-6-7-9-26(17)18)22-12-14-10-15(27-2)19(29-4)16(11-14)28-3/h6-11H,5,12-13H2,1-4H3,(H2,21,22,23). The van der Waals surface area contributed by atoms with Crippen LogP contribution in [0.1, 0.15) is 18.3 Å². The maximum absolute atomic E-state index is 5.41. The van der Waals surface area contributed by atoms with E-state index in [-0.39, 0.29) is 0 Å². The second-order valence-electron chi connectivity index (χ2n) is 6.13. The molecule has 0 aliphatic rings. The molecular formula is C20H26N6O3. The van der Waals surface area contributed by atoms with Gasteiger partial charge in [0, 0.05) is 12.7 Å². The predicted octanol–water partition coefficient (Wildman–Crippen LogP) is 2.01. The van der Waals surface area contributed by atoms with Gasteiger partial charge in [-0.3, -0.25) is 4.40 Å². The lowest BCUT2D eigenvalue weighted by atomic mass is 10.2. The smallest absolute Gasteiger partial charge is 0.203 e. The molecule has 9 nitrogen and oxygen atoms in total. The van der Waals surface area contributed by atoms with Crippen LogP contribution in [0.15, 0.2) is 41.5 Å². The normalized spacial score (nSPS) is 11.4. The molecule has 0 fully saturated rings. The van der Waals surface area contributed by atoms with Gasteiger partial charge in [0.25, 0.3) is 0 Å². The Hall–Kier alpha value is -3.49. The molecule has 0 unspecified atom stereocenters. The fraction of sp³-hybridized carbons (Fsp3) is 0.350. The van der Waals surface area contributed by atoms with Crippen molar-refractivity contribution in [3.05, 3.63) is 47.9 Å². The molecule has 2 heterocycles. The third-order valence-electron chi connectivity index (χ3n) is 4.29. The Morgan fingerprint density at radius 3 is 2.45 bits per heavy atom. The molecular weight excluding hydrogens is 372 g/mol. The van der Waals surface area contributed by atoms with Crippen LogP contribution in [0.3, 0.4) is 0 Å². The molecule has 0 spiro atoms. The van der Waals surface area contributed by atoms with E-state index in [4.69, 9.17) is 14.2 Å². The highest BCUT2D eigenvalue weighted by Crippen LogP contribution is 2.38. The lowest BCUT2D eigenvalue weighted by Crippen LogP contribution is -2.37. The number of fused-ring (bicyclic) bond motifs is 1. The molecule has 1 aromatic carbocycles. The molecule has 0 saturated carbocycles. The monoisotopic (exact) mass is 398 g/mol. The molecule has 3 aromatic rings. The number of methoxy groups -OCH3 is 3. The Kier molecular flexibility index (Phi) is 6.72. The van der Waals surface area contributed by atoms with E-state index < -0.39 is 0 Å². The van der Waals surface area contributed by atoms with E-state index in [1.165, 1.54) is 0 Å². The molecule has 29 heavy (non-hydrogen) atoms. The third kappa shape index (κ3) is 4.68. The number of rotatable bonds is 8. The quantitative estimate of drug-likeness (QED) is 0.443. The molecule has 0 radical (unpaired) electrons. The summed E-state index contributed by atoms with van der Waals surface area (Å²) in [5.74, 6) is 3.24.